The Bertz CT molecular complexity index is 610. The van der Waals surface area contributed by atoms with Crippen molar-refractivity contribution in [1.82, 2.24) is 4.90 Å². The van der Waals surface area contributed by atoms with Gasteiger partial charge in [0.1, 0.15) is 5.75 Å². The summed E-state index contributed by atoms with van der Waals surface area (Å²) in [7, 11) is 1.57. The molecule has 0 aliphatic carbocycles. The Hall–Kier alpha value is -2.37. The summed E-state index contributed by atoms with van der Waals surface area (Å²) in [6.07, 6.45) is 1.02. The van der Waals surface area contributed by atoms with Crippen molar-refractivity contribution in [1.29, 1.82) is 0 Å². The topological polar surface area (TPSA) is 83.9 Å². The molecule has 1 aliphatic rings. The highest BCUT2D eigenvalue weighted by atomic mass is 16.5. The number of carbonyl (C=O) groups excluding carboxylic acids is 2. The third kappa shape index (κ3) is 4.34. The van der Waals surface area contributed by atoms with Crippen molar-refractivity contribution < 1.29 is 24.2 Å². The molecule has 1 aliphatic heterocycles. The Morgan fingerprint density at radius 2 is 1.83 bits per heavy atom. The van der Waals surface area contributed by atoms with Crippen molar-refractivity contribution in [2.75, 3.05) is 20.2 Å². The second kappa shape index (κ2) is 7.95. The van der Waals surface area contributed by atoms with E-state index in [2.05, 4.69) is 0 Å². The lowest BCUT2D eigenvalue weighted by atomic mass is 9.99. The van der Waals surface area contributed by atoms with Crippen LogP contribution < -0.4 is 4.74 Å². The molecule has 1 aromatic carbocycles. The number of hydrogen-bond acceptors (Lipinski definition) is 4. The van der Waals surface area contributed by atoms with Crippen LogP contribution in [0.1, 0.15) is 36.5 Å². The zero-order chi connectivity index (χ0) is 17.7. The average molecular weight is 333 g/mol. The molecule has 1 fully saturated rings. The molecule has 1 N–H and O–H groups in total. The summed E-state index contributed by atoms with van der Waals surface area (Å²) < 4.78 is 5.05. The lowest BCUT2D eigenvalue weighted by Gasteiger charge is -2.15. The predicted molar refractivity (Wildman–Crippen MR) is 88.0 cm³/mol. The fourth-order valence-corrected chi connectivity index (χ4v) is 2.97. The maximum absolute atomic E-state index is 12.2. The van der Waals surface area contributed by atoms with Crippen LogP contribution >= 0.6 is 0 Å². The number of Topliss-reactive ketones (excluding diaryl/α,β-unsaturated/α-hetero) is 1. The second-order valence-electron chi connectivity index (χ2n) is 6.23. The minimum Gasteiger partial charge on any atom is -0.497 e. The first kappa shape index (κ1) is 18.0. The number of amides is 1. The van der Waals surface area contributed by atoms with Crippen LogP contribution in [0.3, 0.4) is 0 Å². The Kier molecular flexibility index (Phi) is 5.95. The molecule has 0 radical (unpaired) electrons. The number of carbonyl (C=O) groups is 3. The van der Waals surface area contributed by atoms with Gasteiger partial charge in [0.05, 0.1) is 13.0 Å². The third-order valence-electron chi connectivity index (χ3n) is 4.49. The lowest BCUT2D eigenvalue weighted by molar-refractivity contribution is -0.142. The van der Waals surface area contributed by atoms with E-state index < -0.39 is 11.9 Å². The number of carboxylic acids is 1. The minimum atomic E-state index is -0.854. The molecule has 0 unspecified atom stereocenters. The molecule has 2 rings (SSSR count). The van der Waals surface area contributed by atoms with Crippen LogP contribution in [-0.2, 0) is 9.59 Å². The summed E-state index contributed by atoms with van der Waals surface area (Å²) in [5, 5.41) is 9.10. The highest BCUT2D eigenvalue weighted by Gasteiger charge is 2.36. The summed E-state index contributed by atoms with van der Waals surface area (Å²) in [6.45, 7) is 2.59. The zero-order valence-corrected chi connectivity index (χ0v) is 14.0. The van der Waals surface area contributed by atoms with Crippen molar-refractivity contribution in [3.8, 4) is 5.75 Å². The van der Waals surface area contributed by atoms with Gasteiger partial charge in [0.15, 0.2) is 5.78 Å². The van der Waals surface area contributed by atoms with Crippen molar-refractivity contribution >= 4 is 17.7 Å². The Morgan fingerprint density at radius 3 is 2.38 bits per heavy atom. The summed E-state index contributed by atoms with van der Waals surface area (Å²) in [4.78, 5) is 37.0. The van der Waals surface area contributed by atoms with Crippen LogP contribution in [-0.4, -0.2) is 47.9 Å². The van der Waals surface area contributed by atoms with Crippen LogP contribution in [0.5, 0.6) is 5.75 Å². The quantitative estimate of drug-likeness (QED) is 0.774. The fraction of sp³-hybridized carbons (Fsp3) is 0.500. The molecule has 1 heterocycles. The molecular weight excluding hydrogens is 310 g/mol. The predicted octanol–water partition coefficient (Wildman–Crippen LogP) is 2.23. The van der Waals surface area contributed by atoms with E-state index in [4.69, 9.17) is 9.84 Å². The SMILES string of the molecule is COc1ccc(C(=O)CCCC(=O)N2C[C@@H](C)[C@H](C(=O)O)C2)cc1. The highest BCUT2D eigenvalue weighted by molar-refractivity contribution is 5.96. The first-order valence-corrected chi connectivity index (χ1v) is 8.10. The molecule has 2 atom stereocenters. The van der Waals surface area contributed by atoms with Gasteiger partial charge in [-0.25, -0.2) is 0 Å². The molecule has 1 amide bonds. The van der Waals surface area contributed by atoms with Crippen LogP contribution in [0.25, 0.3) is 0 Å². The standard InChI is InChI=1S/C18H23NO5/c1-12-10-19(11-15(12)18(22)23)17(21)5-3-4-16(20)13-6-8-14(24-2)9-7-13/h6-9,12,15H,3-5,10-11H2,1-2H3,(H,22,23)/t12-,15-/m1/s1. The van der Waals surface area contributed by atoms with Crippen molar-refractivity contribution in [3.05, 3.63) is 29.8 Å². The van der Waals surface area contributed by atoms with Gasteiger partial charge in [0.25, 0.3) is 0 Å². The Morgan fingerprint density at radius 1 is 1.17 bits per heavy atom. The van der Waals surface area contributed by atoms with Crippen LogP contribution in [0.15, 0.2) is 24.3 Å². The molecule has 6 nitrogen and oxygen atoms in total. The van der Waals surface area contributed by atoms with E-state index in [1.54, 1.807) is 36.3 Å². The van der Waals surface area contributed by atoms with Crippen LogP contribution in [0, 0.1) is 11.8 Å². The average Bonchev–Trinajstić information content (AvgIpc) is 2.97. The number of rotatable bonds is 7. The zero-order valence-electron chi connectivity index (χ0n) is 14.0. The van der Waals surface area contributed by atoms with E-state index >= 15 is 0 Å². The normalized spacial score (nSPS) is 20.0. The van der Waals surface area contributed by atoms with E-state index in [1.165, 1.54) is 0 Å². The number of benzene rings is 1. The highest BCUT2D eigenvalue weighted by Crippen LogP contribution is 2.24. The summed E-state index contributed by atoms with van der Waals surface area (Å²) in [5.74, 6) is -0.774. The molecule has 6 heteroatoms. The van der Waals surface area contributed by atoms with Gasteiger partial charge in [0.2, 0.25) is 5.91 Å². The number of methoxy groups -OCH3 is 1. The van der Waals surface area contributed by atoms with E-state index in [9.17, 15) is 14.4 Å². The second-order valence-corrected chi connectivity index (χ2v) is 6.23. The third-order valence-corrected chi connectivity index (χ3v) is 4.49. The van der Waals surface area contributed by atoms with Gasteiger partial charge < -0.3 is 14.7 Å². The van der Waals surface area contributed by atoms with Gasteiger partial charge >= 0.3 is 5.97 Å². The molecule has 0 bridgehead atoms. The molecule has 24 heavy (non-hydrogen) atoms. The van der Waals surface area contributed by atoms with Gasteiger partial charge in [-0.2, -0.15) is 0 Å². The van der Waals surface area contributed by atoms with E-state index in [0.29, 0.717) is 30.7 Å². The Balaban J connectivity index is 1.78. The summed E-state index contributed by atoms with van der Waals surface area (Å²) >= 11 is 0. The molecule has 0 spiro atoms. The number of likely N-dealkylation sites (tertiary alicyclic amines) is 1. The van der Waals surface area contributed by atoms with Gasteiger partial charge in [-0.15, -0.1) is 0 Å². The van der Waals surface area contributed by atoms with E-state index in [-0.39, 0.29) is 30.6 Å². The molecule has 1 aromatic rings. The van der Waals surface area contributed by atoms with Gasteiger partial charge in [-0.05, 0) is 36.6 Å². The first-order chi connectivity index (χ1) is 11.4. The molecule has 0 aromatic heterocycles. The number of aliphatic carboxylic acids is 1. The van der Waals surface area contributed by atoms with E-state index in [0.717, 1.165) is 0 Å². The van der Waals surface area contributed by atoms with Gasteiger partial charge in [-0.3, -0.25) is 14.4 Å². The monoisotopic (exact) mass is 333 g/mol. The molecular formula is C18H23NO5. The largest absolute Gasteiger partial charge is 0.497 e. The maximum Gasteiger partial charge on any atom is 0.308 e. The van der Waals surface area contributed by atoms with E-state index in [1.807, 2.05) is 6.92 Å². The number of ether oxygens (including phenoxy) is 1. The number of hydrogen-bond donors (Lipinski definition) is 1. The molecule has 130 valence electrons. The maximum atomic E-state index is 12.2. The number of ketones is 1. The lowest BCUT2D eigenvalue weighted by Crippen LogP contribution is -2.29. The first-order valence-electron chi connectivity index (χ1n) is 8.10. The fourth-order valence-electron chi connectivity index (χ4n) is 2.97. The summed E-state index contributed by atoms with van der Waals surface area (Å²) in [6, 6.07) is 6.89. The van der Waals surface area contributed by atoms with Crippen molar-refractivity contribution in [2.45, 2.75) is 26.2 Å². The number of nitrogens with zero attached hydrogens (tertiary/aromatic N) is 1. The van der Waals surface area contributed by atoms with Crippen molar-refractivity contribution in [3.63, 3.8) is 0 Å². The van der Waals surface area contributed by atoms with Crippen LogP contribution in [0.4, 0.5) is 0 Å². The van der Waals surface area contributed by atoms with Crippen molar-refractivity contribution in [2.24, 2.45) is 11.8 Å². The van der Waals surface area contributed by atoms with Crippen LogP contribution in [0.2, 0.25) is 0 Å². The van der Waals surface area contributed by atoms with Gasteiger partial charge in [0, 0.05) is 31.5 Å². The molecule has 0 saturated carbocycles. The Labute approximate surface area is 141 Å². The van der Waals surface area contributed by atoms with Gasteiger partial charge in [-0.1, -0.05) is 6.92 Å². The number of carboxylic acid groups (broad SMARTS) is 1. The molecule has 1 saturated heterocycles. The smallest absolute Gasteiger partial charge is 0.308 e. The summed E-state index contributed by atoms with van der Waals surface area (Å²) in [5.41, 5.74) is 0.601. The minimum absolute atomic E-state index is 0.0105.